The zero-order chi connectivity index (χ0) is 12.8. The van der Waals surface area contributed by atoms with Gasteiger partial charge in [-0.15, -0.1) is 12.4 Å². The summed E-state index contributed by atoms with van der Waals surface area (Å²) in [7, 11) is 0. The van der Waals surface area contributed by atoms with Crippen molar-refractivity contribution in [3.05, 3.63) is 29.8 Å². The molecule has 1 aromatic rings. The molecule has 0 aromatic heterocycles. The lowest BCUT2D eigenvalue weighted by atomic mass is 10.2. The van der Waals surface area contributed by atoms with E-state index >= 15 is 0 Å². The Bertz CT molecular complexity index is 404. The predicted molar refractivity (Wildman–Crippen MR) is 73.7 cm³/mol. The van der Waals surface area contributed by atoms with E-state index in [2.05, 4.69) is 10.6 Å². The molecule has 0 unspecified atom stereocenters. The highest BCUT2D eigenvalue weighted by Crippen LogP contribution is 2.04. The van der Waals surface area contributed by atoms with E-state index < -0.39 is 0 Å². The molecule has 2 amide bonds. The first-order chi connectivity index (χ1) is 7.99. The van der Waals surface area contributed by atoms with Gasteiger partial charge in [0.25, 0.3) is 5.91 Å². The molecule has 0 radical (unpaired) electrons. The second kappa shape index (κ2) is 7.55. The SMILES string of the molecule is CC(C)NC(=O)CNC(=O)c1ccc(N)cc1.Cl. The third kappa shape index (κ3) is 5.54. The molecule has 5 nitrogen and oxygen atoms in total. The van der Waals surface area contributed by atoms with Crippen LogP contribution in [0.5, 0.6) is 0 Å². The molecule has 1 rings (SSSR count). The molecule has 18 heavy (non-hydrogen) atoms. The maximum atomic E-state index is 11.6. The fourth-order valence-electron chi connectivity index (χ4n) is 1.27. The fraction of sp³-hybridized carbons (Fsp3) is 0.333. The molecule has 0 spiro atoms. The molecule has 0 aliphatic heterocycles. The maximum Gasteiger partial charge on any atom is 0.251 e. The van der Waals surface area contributed by atoms with Crippen molar-refractivity contribution in [2.45, 2.75) is 19.9 Å². The van der Waals surface area contributed by atoms with Gasteiger partial charge >= 0.3 is 0 Å². The summed E-state index contributed by atoms with van der Waals surface area (Å²) in [6, 6.07) is 6.58. The summed E-state index contributed by atoms with van der Waals surface area (Å²) in [5.74, 6) is -0.493. The van der Waals surface area contributed by atoms with Gasteiger partial charge in [0.15, 0.2) is 0 Å². The molecule has 6 heteroatoms. The fourth-order valence-corrected chi connectivity index (χ4v) is 1.27. The Hall–Kier alpha value is -1.75. The van der Waals surface area contributed by atoms with Crippen LogP contribution in [0.25, 0.3) is 0 Å². The van der Waals surface area contributed by atoms with Gasteiger partial charge in [0, 0.05) is 17.3 Å². The number of carbonyl (C=O) groups excluding carboxylic acids is 2. The minimum absolute atomic E-state index is 0. The van der Waals surface area contributed by atoms with Crippen molar-refractivity contribution in [2.24, 2.45) is 0 Å². The first kappa shape index (κ1) is 16.2. The van der Waals surface area contributed by atoms with Crippen molar-refractivity contribution in [1.82, 2.24) is 10.6 Å². The van der Waals surface area contributed by atoms with Crippen LogP contribution >= 0.6 is 12.4 Å². The molecule has 1 aromatic carbocycles. The zero-order valence-corrected chi connectivity index (χ0v) is 11.2. The Morgan fingerprint density at radius 3 is 2.28 bits per heavy atom. The molecular formula is C12H18ClN3O2. The number of hydrogen-bond acceptors (Lipinski definition) is 3. The van der Waals surface area contributed by atoms with Gasteiger partial charge in [0.1, 0.15) is 0 Å². The summed E-state index contributed by atoms with van der Waals surface area (Å²) in [4.78, 5) is 22.9. The van der Waals surface area contributed by atoms with Gasteiger partial charge in [0.05, 0.1) is 6.54 Å². The van der Waals surface area contributed by atoms with E-state index in [0.717, 1.165) is 0 Å². The van der Waals surface area contributed by atoms with Crippen LogP contribution in [-0.2, 0) is 4.79 Å². The lowest BCUT2D eigenvalue weighted by Crippen LogP contribution is -2.39. The third-order valence-electron chi connectivity index (χ3n) is 2.03. The first-order valence-corrected chi connectivity index (χ1v) is 5.42. The number of halogens is 1. The van der Waals surface area contributed by atoms with Crippen LogP contribution in [0, 0.1) is 0 Å². The Morgan fingerprint density at radius 1 is 1.22 bits per heavy atom. The van der Waals surface area contributed by atoms with E-state index in [1.807, 2.05) is 13.8 Å². The number of nitrogens with one attached hydrogen (secondary N) is 2. The van der Waals surface area contributed by atoms with Gasteiger partial charge in [-0.25, -0.2) is 0 Å². The molecule has 0 saturated carbocycles. The lowest BCUT2D eigenvalue weighted by molar-refractivity contribution is -0.120. The van der Waals surface area contributed by atoms with E-state index in [1.54, 1.807) is 24.3 Å². The highest BCUT2D eigenvalue weighted by atomic mass is 35.5. The minimum Gasteiger partial charge on any atom is -0.399 e. The lowest BCUT2D eigenvalue weighted by Gasteiger charge is -2.09. The second-order valence-electron chi connectivity index (χ2n) is 4.03. The van der Waals surface area contributed by atoms with Gasteiger partial charge in [-0.2, -0.15) is 0 Å². The molecule has 0 aliphatic rings. The molecule has 0 bridgehead atoms. The summed E-state index contributed by atoms with van der Waals surface area (Å²) < 4.78 is 0. The molecule has 100 valence electrons. The highest BCUT2D eigenvalue weighted by molar-refractivity contribution is 5.96. The quantitative estimate of drug-likeness (QED) is 0.713. The van der Waals surface area contributed by atoms with Gasteiger partial charge < -0.3 is 16.4 Å². The van der Waals surface area contributed by atoms with Crippen LogP contribution in [-0.4, -0.2) is 24.4 Å². The number of rotatable bonds is 4. The third-order valence-corrected chi connectivity index (χ3v) is 2.03. The van der Waals surface area contributed by atoms with E-state index in [1.165, 1.54) is 0 Å². The largest absolute Gasteiger partial charge is 0.399 e. The maximum absolute atomic E-state index is 11.6. The van der Waals surface area contributed by atoms with Gasteiger partial charge in [-0.3, -0.25) is 9.59 Å². The Morgan fingerprint density at radius 2 is 1.78 bits per heavy atom. The second-order valence-corrected chi connectivity index (χ2v) is 4.03. The smallest absolute Gasteiger partial charge is 0.251 e. The van der Waals surface area contributed by atoms with E-state index in [4.69, 9.17) is 5.73 Å². The van der Waals surface area contributed by atoms with Crippen LogP contribution in [0.1, 0.15) is 24.2 Å². The summed E-state index contributed by atoms with van der Waals surface area (Å²) >= 11 is 0. The van der Waals surface area contributed by atoms with Crippen molar-refractivity contribution in [2.75, 3.05) is 12.3 Å². The molecule has 0 aliphatic carbocycles. The predicted octanol–water partition coefficient (Wildman–Crippen LogP) is 0.945. The monoisotopic (exact) mass is 271 g/mol. The molecular weight excluding hydrogens is 254 g/mol. The number of nitrogens with two attached hydrogens (primary N) is 1. The van der Waals surface area contributed by atoms with Gasteiger partial charge in [-0.1, -0.05) is 0 Å². The number of anilines is 1. The van der Waals surface area contributed by atoms with Crippen molar-refractivity contribution in [3.63, 3.8) is 0 Å². The standard InChI is InChI=1S/C12H17N3O2.ClH/c1-8(2)15-11(16)7-14-12(17)9-3-5-10(13)6-4-9;/h3-6,8H,7,13H2,1-2H3,(H,14,17)(H,15,16);1H. The van der Waals surface area contributed by atoms with Crippen molar-refractivity contribution >= 4 is 29.9 Å². The Kier molecular flexibility index (Phi) is 6.82. The van der Waals surface area contributed by atoms with Gasteiger partial charge in [-0.05, 0) is 38.1 Å². The summed E-state index contributed by atoms with van der Waals surface area (Å²) in [5.41, 5.74) is 6.59. The first-order valence-electron chi connectivity index (χ1n) is 5.42. The number of carbonyl (C=O) groups is 2. The number of benzene rings is 1. The number of nitrogen functional groups attached to an aromatic ring is 1. The molecule has 0 atom stereocenters. The number of hydrogen-bond donors (Lipinski definition) is 3. The van der Waals surface area contributed by atoms with Gasteiger partial charge in [0.2, 0.25) is 5.91 Å². The Balaban J connectivity index is 0.00000289. The summed E-state index contributed by atoms with van der Waals surface area (Å²) in [5, 5.41) is 5.22. The zero-order valence-electron chi connectivity index (χ0n) is 10.4. The average Bonchev–Trinajstić information content (AvgIpc) is 2.26. The van der Waals surface area contributed by atoms with Crippen molar-refractivity contribution in [1.29, 1.82) is 0 Å². The van der Waals surface area contributed by atoms with E-state index in [-0.39, 0.29) is 36.8 Å². The summed E-state index contributed by atoms with van der Waals surface area (Å²) in [6.07, 6.45) is 0. The number of amides is 2. The van der Waals surface area contributed by atoms with Crippen LogP contribution in [0.4, 0.5) is 5.69 Å². The highest BCUT2D eigenvalue weighted by Gasteiger charge is 2.08. The Labute approximate surface area is 113 Å². The van der Waals surface area contributed by atoms with Crippen LogP contribution in [0.2, 0.25) is 0 Å². The van der Waals surface area contributed by atoms with Crippen molar-refractivity contribution in [3.8, 4) is 0 Å². The van der Waals surface area contributed by atoms with Crippen LogP contribution in [0.3, 0.4) is 0 Å². The van der Waals surface area contributed by atoms with E-state index in [0.29, 0.717) is 11.3 Å². The van der Waals surface area contributed by atoms with E-state index in [9.17, 15) is 9.59 Å². The summed E-state index contributed by atoms with van der Waals surface area (Å²) in [6.45, 7) is 3.70. The van der Waals surface area contributed by atoms with Crippen LogP contribution < -0.4 is 16.4 Å². The molecule has 0 heterocycles. The van der Waals surface area contributed by atoms with Crippen molar-refractivity contribution < 1.29 is 9.59 Å². The van der Waals surface area contributed by atoms with Crippen LogP contribution in [0.15, 0.2) is 24.3 Å². The molecule has 4 N–H and O–H groups in total. The topological polar surface area (TPSA) is 84.2 Å². The average molecular weight is 272 g/mol. The normalized spacial score (nSPS) is 9.50. The minimum atomic E-state index is -0.288. The molecule has 0 fully saturated rings. The molecule has 0 saturated heterocycles.